The third kappa shape index (κ3) is 2.21. The number of methoxy groups -OCH3 is 1. The van der Waals surface area contributed by atoms with E-state index in [1.807, 2.05) is 6.08 Å². The van der Waals surface area contributed by atoms with Crippen LogP contribution in [0.2, 0.25) is 0 Å². The molecule has 0 saturated heterocycles. The van der Waals surface area contributed by atoms with E-state index >= 15 is 0 Å². The fourth-order valence-electron chi connectivity index (χ4n) is 5.68. The van der Waals surface area contributed by atoms with Crippen LogP contribution >= 0.6 is 0 Å². The maximum Gasteiger partial charge on any atom is 0.254 e. The van der Waals surface area contributed by atoms with Crippen LogP contribution in [0.25, 0.3) is 22.6 Å². The van der Waals surface area contributed by atoms with Gasteiger partial charge in [0.25, 0.3) is 5.91 Å². The first kappa shape index (κ1) is 18.2. The number of nitrogens with one attached hydrogen (secondary N) is 1. The number of carbonyl (C=O) groups excluding carboxylic acids is 1. The molecule has 4 aliphatic rings. The first-order valence-corrected chi connectivity index (χ1v) is 10.6. The fraction of sp³-hybridized carbons (Fsp3) is 0.280. The number of allylic oxidation sites excluding steroid dienone is 4. The van der Waals surface area contributed by atoms with Crippen molar-refractivity contribution >= 4 is 34.1 Å². The molecule has 1 aromatic carbocycles. The molecule has 2 unspecified atom stereocenters. The second kappa shape index (κ2) is 6.47. The van der Waals surface area contributed by atoms with Crippen molar-refractivity contribution < 1.29 is 9.53 Å². The summed E-state index contributed by atoms with van der Waals surface area (Å²) in [5.74, 6) is -0.0828. The van der Waals surface area contributed by atoms with Crippen LogP contribution in [0.4, 0.5) is 5.69 Å². The summed E-state index contributed by atoms with van der Waals surface area (Å²) in [5, 5.41) is 15.6. The number of rotatable bonds is 3. The van der Waals surface area contributed by atoms with E-state index in [1.165, 1.54) is 5.56 Å². The second-order valence-corrected chi connectivity index (χ2v) is 8.29. The SMILES string of the molecule is COC1NC(=O)c2c1c1c(c3c2c2c(n3C)=CC=CC2)N(CCC#N)C2C=CC=CC=12. The summed E-state index contributed by atoms with van der Waals surface area (Å²) in [5.41, 5.74) is 6.16. The Labute approximate surface area is 179 Å². The van der Waals surface area contributed by atoms with E-state index in [2.05, 4.69) is 64.4 Å². The van der Waals surface area contributed by atoms with Gasteiger partial charge in [-0.2, -0.15) is 5.26 Å². The zero-order valence-corrected chi connectivity index (χ0v) is 17.5. The third-order valence-corrected chi connectivity index (χ3v) is 6.87. The number of benzene rings is 1. The molecule has 0 radical (unpaired) electrons. The van der Waals surface area contributed by atoms with Gasteiger partial charge in [-0.1, -0.05) is 36.5 Å². The Morgan fingerprint density at radius 1 is 1.32 bits per heavy atom. The summed E-state index contributed by atoms with van der Waals surface area (Å²) in [4.78, 5) is 15.6. The Morgan fingerprint density at radius 2 is 2.19 bits per heavy atom. The van der Waals surface area contributed by atoms with Crippen LogP contribution < -0.4 is 20.8 Å². The molecule has 1 N–H and O–H groups in total. The summed E-state index contributed by atoms with van der Waals surface area (Å²) in [6, 6.07) is 2.35. The van der Waals surface area contributed by atoms with E-state index in [1.54, 1.807) is 7.11 Å². The van der Waals surface area contributed by atoms with Crippen molar-refractivity contribution in [1.82, 2.24) is 9.88 Å². The normalized spacial score (nSPS) is 22.2. The van der Waals surface area contributed by atoms with Crippen molar-refractivity contribution in [2.75, 3.05) is 18.6 Å². The smallest absolute Gasteiger partial charge is 0.254 e. The monoisotopic (exact) mass is 410 g/mol. The average Bonchev–Trinajstić information content (AvgIpc) is 3.40. The fourth-order valence-corrected chi connectivity index (χ4v) is 5.68. The quantitative estimate of drug-likeness (QED) is 0.838. The average molecular weight is 410 g/mol. The number of carbonyl (C=O) groups is 1. The lowest BCUT2D eigenvalue weighted by atomic mass is 9.93. The van der Waals surface area contributed by atoms with Gasteiger partial charge in [-0.05, 0) is 23.6 Å². The van der Waals surface area contributed by atoms with E-state index < -0.39 is 6.23 Å². The summed E-state index contributed by atoms with van der Waals surface area (Å²) in [6.45, 7) is 0.626. The minimum Gasteiger partial charge on any atom is -0.358 e. The van der Waals surface area contributed by atoms with Gasteiger partial charge in [0, 0.05) is 42.2 Å². The number of ether oxygens (including phenoxy) is 1. The standard InChI is InChI=1S/C25H22N4O2/c1-28-16-10-5-3-8-14(16)18-20-21(25(31-2)27-24(20)30)19-15-9-4-6-11-17(15)29(13-7-12-26)23(19)22(18)28/h3-6,9-11,17,25H,7-8,13H2,1-2H3,(H,27,30). The van der Waals surface area contributed by atoms with Crippen molar-refractivity contribution in [3.8, 4) is 6.07 Å². The summed E-state index contributed by atoms with van der Waals surface area (Å²) in [7, 11) is 3.71. The molecule has 0 bridgehead atoms. The molecule has 1 aromatic heterocycles. The Bertz CT molecular complexity index is 1430. The molecule has 2 aromatic rings. The number of amides is 1. The molecular weight excluding hydrogens is 388 g/mol. The van der Waals surface area contributed by atoms with Crippen LogP contribution in [0.5, 0.6) is 0 Å². The summed E-state index contributed by atoms with van der Waals surface area (Å²) in [6.07, 6.45) is 15.5. The zero-order chi connectivity index (χ0) is 21.3. The van der Waals surface area contributed by atoms with E-state index in [0.717, 1.165) is 50.3 Å². The van der Waals surface area contributed by atoms with Gasteiger partial charge in [0.2, 0.25) is 0 Å². The number of hydrogen-bond donors (Lipinski definition) is 1. The van der Waals surface area contributed by atoms with E-state index in [4.69, 9.17) is 4.74 Å². The van der Waals surface area contributed by atoms with E-state index in [-0.39, 0.29) is 11.9 Å². The molecule has 31 heavy (non-hydrogen) atoms. The highest BCUT2D eigenvalue weighted by Gasteiger charge is 2.41. The number of aryl methyl sites for hydroxylation is 1. The lowest BCUT2D eigenvalue weighted by Crippen LogP contribution is -2.33. The van der Waals surface area contributed by atoms with Gasteiger partial charge in [-0.3, -0.25) is 4.79 Å². The van der Waals surface area contributed by atoms with Gasteiger partial charge in [-0.15, -0.1) is 0 Å². The first-order valence-electron chi connectivity index (χ1n) is 10.6. The van der Waals surface area contributed by atoms with Crippen LogP contribution in [-0.4, -0.2) is 30.2 Å². The topological polar surface area (TPSA) is 70.3 Å². The summed E-state index contributed by atoms with van der Waals surface area (Å²) >= 11 is 0. The third-order valence-electron chi connectivity index (χ3n) is 6.87. The van der Waals surface area contributed by atoms with Crippen molar-refractivity contribution in [2.24, 2.45) is 7.05 Å². The van der Waals surface area contributed by atoms with Crippen LogP contribution in [0.3, 0.4) is 0 Å². The lowest BCUT2D eigenvalue weighted by Gasteiger charge is -2.28. The van der Waals surface area contributed by atoms with Crippen molar-refractivity contribution in [3.05, 3.63) is 63.7 Å². The molecule has 6 nitrogen and oxygen atoms in total. The lowest BCUT2D eigenvalue weighted by molar-refractivity contribution is 0.0664. The van der Waals surface area contributed by atoms with E-state index in [0.29, 0.717) is 13.0 Å². The molecule has 2 aliphatic carbocycles. The minimum atomic E-state index is -0.483. The van der Waals surface area contributed by atoms with Gasteiger partial charge in [0.15, 0.2) is 6.23 Å². The number of hydrogen-bond acceptors (Lipinski definition) is 4. The number of aromatic nitrogens is 1. The number of nitrogens with zero attached hydrogens (tertiary/aromatic N) is 3. The van der Waals surface area contributed by atoms with Crippen LogP contribution in [0, 0.1) is 11.3 Å². The Hall–Kier alpha value is -3.56. The van der Waals surface area contributed by atoms with E-state index in [9.17, 15) is 10.1 Å². The van der Waals surface area contributed by atoms with Gasteiger partial charge >= 0.3 is 0 Å². The van der Waals surface area contributed by atoms with Gasteiger partial charge in [-0.25, -0.2) is 0 Å². The molecule has 3 heterocycles. The van der Waals surface area contributed by atoms with Gasteiger partial charge in [0.1, 0.15) is 0 Å². The molecule has 0 spiro atoms. The van der Waals surface area contributed by atoms with Crippen molar-refractivity contribution in [2.45, 2.75) is 25.1 Å². The zero-order valence-electron chi connectivity index (χ0n) is 17.5. The Kier molecular flexibility index (Phi) is 3.80. The van der Waals surface area contributed by atoms with Gasteiger partial charge < -0.3 is 19.5 Å². The molecule has 0 fully saturated rings. The number of anilines is 1. The predicted molar refractivity (Wildman–Crippen MR) is 120 cm³/mol. The number of fused-ring (bicyclic) bond motifs is 9. The van der Waals surface area contributed by atoms with Crippen molar-refractivity contribution in [3.63, 3.8) is 0 Å². The molecule has 154 valence electrons. The molecular formula is C25H22N4O2. The Morgan fingerprint density at radius 3 is 3.00 bits per heavy atom. The molecule has 1 amide bonds. The highest BCUT2D eigenvalue weighted by atomic mass is 16.5. The highest BCUT2D eigenvalue weighted by molar-refractivity contribution is 6.16. The molecule has 2 aliphatic heterocycles. The molecule has 6 rings (SSSR count). The minimum absolute atomic E-state index is 0.0466. The maximum absolute atomic E-state index is 13.2. The van der Waals surface area contributed by atoms with Crippen LogP contribution in [-0.2, 0) is 18.2 Å². The molecule has 6 heteroatoms. The largest absolute Gasteiger partial charge is 0.358 e. The second-order valence-electron chi connectivity index (χ2n) is 8.29. The molecule has 2 atom stereocenters. The van der Waals surface area contributed by atoms with Crippen LogP contribution in [0.15, 0.2) is 36.5 Å². The number of nitriles is 1. The maximum atomic E-state index is 13.2. The highest BCUT2D eigenvalue weighted by Crippen LogP contribution is 2.42. The van der Waals surface area contributed by atoms with Gasteiger partial charge in [0.05, 0.1) is 35.3 Å². The Balaban J connectivity index is 1.85. The van der Waals surface area contributed by atoms with Crippen LogP contribution in [0.1, 0.15) is 34.1 Å². The van der Waals surface area contributed by atoms with Crippen molar-refractivity contribution in [1.29, 1.82) is 5.26 Å². The first-order chi connectivity index (χ1) is 15.2. The summed E-state index contributed by atoms with van der Waals surface area (Å²) < 4.78 is 7.96. The predicted octanol–water partition coefficient (Wildman–Crippen LogP) is 1.84. The molecule has 0 saturated carbocycles.